The van der Waals surface area contributed by atoms with Gasteiger partial charge in [-0.3, -0.25) is 10.00 Å². The number of ether oxygens (including phenoxy) is 3. The van der Waals surface area contributed by atoms with E-state index in [0.29, 0.717) is 0 Å². The van der Waals surface area contributed by atoms with E-state index >= 15 is 0 Å². The lowest BCUT2D eigenvalue weighted by molar-refractivity contribution is -0.0428. The van der Waals surface area contributed by atoms with Crippen molar-refractivity contribution in [3.63, 3.8) is 0 Å². The van der Waals surface area contributed by atoms with E-state index in [1.807, 2.05) is 4.72 Å². The summed E-state index contributed by atoms with van der Waals surface area (Å²) in [6, 6.07) is 0.213. The minimum Gasteiger partial charge on any atom is -0.481 e. The topological polar surface area (TPSA) is 168 Å². The van der Waals surface area contributed by atoms with Gasteiger partial charge in [-0.1, -0.05) is 11.6 Å². The summed E-state index contributed by atoms with van der Waals surface area (Å²) >= 11 is 6.13. The predicted octanol–water partition coefficient (Wildman–Crippen LogP) is 0.878. The van der Waals surface area contributed by atoms with Crippen molar-refractivity contribution in [2.45, 2.75) is 24.5 Å². The monoisotopic (exact) mass is 489 g/mol. The van der Waals surface area contributed by atoms with Gasteiger partial charge in [-0.15, -0.1) is 0 Å². The molecule has 14 nitrogen and oxygen atoms in total. The van der Waals surface area contributed by atoms with E-state index in [1.165, 1.54) is 27.3 Å². The lowest BCUT2D eigenvalue weighted by Crippen LogP contribution is -2.39. The highest BCUT2D eigenvalue weighted by Crippen LogP contribution is 2.28. The molecule has 0 bridgehead atoms. The van der Waals surface area contributed by atoms with Crippen LogP contribution in [-0.2, 0) is 26.6 Å². The number of anilines is 1. The number of aromatic nitrogens is 4. The number of nitrogens with one attached hydrogen (secondary N) is 2. The molecule has 1 aliphatic heterocycles. The third-order valence-electron chi connectivity index (χ3n) is 3.90. The number of rotatable bonds is 6. The van der Waals surface area contributed by atoms with Crippen LogP contribution in [0.4, 0.5) is 10.7 Å². The standard InChI is InChI=1S/C16H20ClN7O7S/c1-16(2)7-30-22-12(31-16)10-11(17)21-24(3)13(10)32(26,27)23-15(25)20-14-18-8(28-4)6-9(19-14)29-5/h6H,7H2,1-5H3,(H2,18,19,20,23,25). The summed E-state index contributed by atoms with van der Waals surface area (Å²) in [6.07, 6.45) is 0. The number of hydrogen-bond acceptors (Lipinski definition) is 11. The highest BCUT2D eigenvalue weighted by molar-refractivity contribution is 7.90. The van der Waals surface area contributed by atoms with E-state index in [9.17, 15) is 13.2 Å². The van der Waals surface area contributed by atoms with Crippen molar-refractivity contribution >= 4 is 39.5 Å². The zero-order chi connectivity index (χ0) is 23.7. The van der Waals surface area contributed by atoms with Crippen LogP contribution < -0.4 is 19.5 Å². The van der Waals surface area contributed by atoms with Crippen LogP contribution in [0, 0.1) is 0 Å². The molecule has 16 heteroatoms. The average molecular weight is 490 g/mol. The predicted molar refractivity (Wildman–Crippen MR) is 110 cm³/mol. The Morgan fingerprint density at radius 3 is 2.44 bits per heavy atom. The molecule has 2 aromatic heterocycles. The van der Waals surface area contributed by atoms with Crippen molar-refractivity contribution in [1.82, 2.24) is 24.5 Å². The van der Waals surface area contributed by atoms with Gasteiger partial charge in [0, 0.05) is 7.05 Å². The van der Waals surface area contributed by atoms with E-state index < -0.39 is 26.7 Å². The van der Waals surface area contributed by atoms with Crippen molar-refractivity contribution in [1.29, 1.82) is 0 Å². The number of nitrogens with zero attached hydrogens (tertiary/aromatic N) is 5. The summed E-state index contributed by atoms with van der Waals surface area (Å²) in [6.45, 7) is 3.57. The number of amides is 2. The van der Waals surface area contributed by atoms with Gasteiger partial charge in [-0.25, -0.2) is 9.52 Å². The molecule has 0 fully saturated rings. The first-order chi connectivity index (χ1) is 15.0. The van der Waals surface area contributed by atoms with E-state index in [2.05, 4.69) is 25.5 Å². The Hall–Kier alpha value is -3.33. The molecule has 0 radical (unpaired) electrons. The molecule has 0 saturated heterocycles. The Balaban J connectivity index is 1.89. The smallest absolute Gasteiger partial charge is 0.335 e. The number of halogens is 1. The fourth-order valence-corrected chi connectivity index (χ4v) is 4.16. The Morgan fingerprint density at radius 1 is 1.25 bits per heavy atom. The molecule has 3 heterocycles. The molecule has 0 unspecified atom stereocenters. The van der Waals surface area contributed by atoms with Crippen LogP contribution in [0.3, 0.4) is 0 Å². The Bertz CT molecular complexity index is 1160. The molecular formula is C16H20ClN7O7S. The summed E-state index contributed by atoms with van der Waals surface area (Å²) in [7, 11) is -0.488. The van der Waals surface area contributed by atoms with Crippen molar-refractivity contribution in [3.05, 3.63) is 16.8 Å². The van der Waals surface area contributed by atoms with Gasteiger partial charge < -0.3 is 19.0 Å². The maximum Gasteiger partial charge on any atom is 0.335 e. The normalized spacial score (nSPS) is 15.1. The van der Waals surface area contributed by atoms with Crippen molar-refractivity contribution in [3.8, 4) is 11.8 Å². The van der Waals surface area contributed by atoms with Crippen LogP contribution in [-0.4, -0.2) is 66.5 Å². The third-order valence-corrected chi connectivity index (χ3v) is 5.60. The quantitative estimate of drug-likeness (QED) is 0.593. The fourth-order valence-electron chi connectivity index (χ4n) is 2.58. The van der Waals surface area contributed by atoms with Crippen LogP contribution in [0.1, 0.15) is 19.4 Å². The number of methoxy groups -OCH3 is 2. The van der Waals surface area contributed by atoms with Gasteiger partial charge in [0.2, 0.25) is 17.7 Å². The molecular weight excluding hydrogens is 470 g/mol. The molecule has 0 aromatic carbocycles. The highest BCUT2D eigenvalue weighted by atomic mass is 35.5. The van der Waals surface area contributed by atoms with Gasteiger partial charge in [0.15, 0.2) is 16.8 Å². The molecule has 3 rings (SSSR count). The lowest BCUT2D eigenvalue weighted by atomic mass is 10.1. The van der Waals surface area contributed by atoms with Gasteiger partial charge in [0.25, 0.3) is 15.9 Å². The number of aryl methyl sites for hydroxylation is 1. The van der Waals surface area contributed by atoms with E-state index in [1.54, 1.807) is 13.8 Å². The number of urea groups is 1. The molecule has 2 amide bonds. The van der Waals surface area contributed by atoms with Gasteiger partial charge in [0.1, 0.15) is 11.2 Å². The molecule has 1 aliphatic rings. The summed E-state index contributed by atoms with van der Waals surface area (Å²) in [5.74, 6) is -0.273. The fraction of sp³-hybridized carbons (Fsp3) is 0.438. The SMILES string of the molecule is COc1cc(OC)nc(NC(=O)NS(=O)(=O)c2c(C3=NOCC(C)(C)O3)c(Cl)nn2C)n1. The summed E-state index contributed by atoms with van der Waals surface area (Å²) in [5, 5.41) is 9.15. The van der Waals surface area contributed by atoms with Gasteiger partial charge in [0.05, 0.1) is 20.3 Å². The number of carbonyl (C=O) groups is 1. The van der Waals surface area contributed by atoms with Crippen LogP contribution >= 0.6 is 11.6 Å². The Kier molecular flexibility index (Phi) is 6.32. The molecule has 32 heavy (non-hydrogen) atoms. The second-order valence-electron chi connectivity index (χ2n) is 6.96. The molecule has 2 aromatic rings. The van der Waals surface area contributed by atoms with Crippen LogP contribution in [0.15, 0.2) is 16.2 Å². The van der Waals surface area contributed by atoms with Crippen LogP contribution in [0.25, 0.3) is 0 Å². The zero-order valence-electron chi connectivity index (χ0n) is 17.7. The molecule has 0 atom stereocenters. The van der Waals surface area contributed by atoms with Crippen LogP contribution in [0.2, 0.25) is 5.15 Å². The maximum atomic E-state index is 13.0. The molecule has 0 saturated carbocycles. The summed E-state index contributed by atoms with van der Waals surface area (Å²) < 4.78 is 44.5. The first-order valence-corrected chi connectivity index (χ1v) is 10.7. The highest BCUT2D eigenvalue weighted by Gasteiger charge is 2.37. The second-order valence-corrected chi connectivity index (χ2v) is 8.92. The first-order valence-electron chi connectivity index (χ1n) is 8.88. The first kappa shape index (κ1) is 23.3. The van der Waals surface area contributed by atoms with E-state index in [0.717, 1.165) is 4.68 Å². The number of carbonyl (C=O) groups excluding carboxylic acids is 1. The summed E-state index contributed by atoms with van der Waals surface area (Å²) in [4.78, 5) is 25.3. The largest absolute Gasteiger partial charge is 0.481 e. The Labute approximate surface area is 187 Å². The molecule has 0 spiro atoms. The minimum atomic E-state index is -4.52. The van der Waals surface area contributed by atoms with Crippen molar-refractivity contribution < 1.29 is 32.3 Å². The zero-order valence-corrected chi connectivity index (χ0v) is 19.2. The number of hydrogen-bond donors (Lipinski definition) is 2. The lowest BCUT2D eigenvalue weighted by Gasteiger charge is -2.29. The van der Waals surface area contributed by atoms with Crippen molar-refractivity contribution in [2.24, 2.45) is 12.2 Å². The summed E-state index contributed by atoms with van der Waals surface area (Å²) in [5.41, 5.74) is -0.966. The van der Waals surface area contributed by atoms with Crippen molar-refractivity contribution in [2.75, 3.05) is 26.1 Å². The molecule has 174 valence electrons. The van der Waals surface area contributed by atoms with Crippen LogP contribution in [0.5, 0.6) is 11.8 Å². The maximum absolute atomic E-state index is 13.0. The van der Waals surface area contributed by atoms with Gasteiger partial charge >= 0.3 is 6.03 Å². The van der Waals surface area contributed by atoms with E-state index in [-0.39, 0.29) is 40.9 Å². The molecule has 0 aliphatic carbocycles. The minimum absolute atomic E-state index is 0.0887. The van der Waals surface area contributed by atoms with E-state index in [4.69, 9.17) is 30.6 Å². The van der Waals surface area contributed by atoms with Gasteiger partial charge in [-0.2, -0.15) is 23.5 Å². The number of sulfonamides is 1. The Morgan fingerprint density at radius 2 is 1.88 bits per heavy atom. The average Bonchev–Trinajstić information content (AvgIpc) is 3.00. The third kappa shape index (κ3) is 4.94. The van der Waals surface area contributed by atoms with Gasteiger partial charge in [-0.05, 0) is 19.0 Å². The molecule has 2 N–H and O–H groups in total. The second kappa shape index (κ2) is 8.66. The number of oxime groups is 1.